The highest BCUT2D eigenvalue weighted by molar-refractivity contribution is 5.30. The molecule has 1 aromatic rings. The Labute approximate surface area is 191 Å². The summed E-state index contributed by atoms with van der Waals surface area (Å²) in [6.07, 6.45) is -9.00. The van der Waals surface area contributed by atoms with E-state index in [4.69, 9.17) is 4.74 Å². The molecule has 1 fully saturated rings. The Kier molecular flexibility index (Phi) is 7.99. The summed E-state index contributed by atoms with van der Waals surface area (Å²) in [6.45, 7) is 2.29. The number of hydrogen-bond donors (Lipinski definition) is 0. The van der Waals surface area contributed by atoms with Crippen LogP contribution in [0, 0.1) is 5.92 Å². The van der Waals surface area contributed by atoms with Gasteiger partial charge >= 0.3 is 35.8 Å². The smallest absolute Gasteiger partial charge is 0.460 e. The molecule has 0 radical (unpaired) electrons. The molecule has 0 heterocycles. The molecule has 0 atom stereocenters. The average molecular weight is 536 g/mol. The van der Waals surface area contributed by atoms with Crippen molar-refractivity contribution in [3.05, 3.63) is 29.8 Å². The van der Waals surface area contributed by atoms with Gasteiger partial charge in [0, 0.05) is 5.92 Å². The summed E-state index contributed by atoms with van der Waals surface area (Å²) in [6, 6.07) is 6.25. The lowest BCUT2D eigenvalue weighted by molar-refractivity contribution is -0.443. The number of rotatable bonds is 9. The molecule has 0 aromatic heterocycles. The predicted molar refractivity (Wildman–Crippen MR) is 97.7 cm³/mol. The van der Waals surface area contributed by atoms with Gasteiger partial charge in [0.15, 0.2) is 0 Å². The second kappa shape index (κ2) is 9.53. The van der Waals surface area contributed by atoms with E-state index < -0.39 is 60.5 Å². The zero-order valence-electron chi connectivity index (χ0n) is 18.0. The van der Waals surface area contributed by atoms with E-state index in [1.807, 2.05) is 6.92 Å². The van der Waals surface area contributed by atoms with Crippen LogP contribution in [-0.4, -0.2) is 42.4 Å². The fraction of sp³-hybridized carbons (Fsp3) is 0.714. The number of benzene rings is 1. The highest BCUT2D eigenvalue weighted by Crippen LogP contribution is 2.62. The number of alkyl halides is 13. The van der Waals surface area contributed by atoms with Crippen molar-refractivity contribution in [1.82, 2.24) is 0 Å². The summed E-state index contributed by atoms with van der Waals surface area (Å²) in [5, 5.41) is 0. The maximum atomic E-state index is 14.4. The van der Waals surface area contributed by atoms with Crippen LogP contribution in [0.15, 0.2) is 24.3 Å². The van der Waals surface area contributed by atoms with Gasteiger partial charge in [-0.25, -0.2) is 0 Å². The largest absolute Gasteiger partial charge is 0.494 e. The molecule has 0 bridgehead atoms. The van der Waals surface area contributed by atoms with Gasteiger partial charge in [0.05, 0.1) is 6.61 Å². The first kappa shape index (κ1) is 29.3. The van der Waals surface area contributed by atoms with Crippen molar-refractivity contribution in [1.29, 1.82) is 0 Å². The zero-order valence-corrected chi connectivity index (χ0v) is 18.0. The third-order valence-electron chi connectivity index (χ3n) is 6.02. The van der Waals surface area contributed by atoms with Crippen LogP contribution in [0.3, 0.4) is 0 Å². The Morgan fingerprint density at radius 3 is 1.54 bits per heavy atom. The van der Waals surface area contributed by atoms with Crippen molar-refractivity contribution in [3.63, 3.8) is 0 Å². The summed E-state index contributed by atoms with van der Waals surface area (Å²) in [4.78, 5) is 0. The normalized spacial score (nSPS) is 21.2. The van der Waals surface area contributed by atoms with Gasteiger partial charge < -0.3 is 4.74 Å². The molecule has 0 N–H and O–H groups in total. The lowest BCUT2D eigenvalue weighted by Crippen LogP contribution is -2.71. The van der Waals surface area contributed by atoms with E-state index in [1.54, 1.807) is 24.3 Å². The van der Waals surface area contributed by atoms with Gasteiger partial charge in [-0.2, -0.15) is 57.1 Å². The van der Waals surface area contributed by atoms with Crippen molar-refractivity contribution in [2.75, 3.05) is 6.61 Å². The van der Waals surface area contributed by atoms with Gasteiger partial charge in [-0.1, -0.05) is 19.1 Å². The first-order valence-electron chi connectivity index (χ1n) is 10.4. The Morgan fingerprint density at radius 2 is 1.11 bits per heavy atom. The van der Waals surface area contributed by atoms with E-state index in [0.29, 0.717) is 17.9 Å². The van der Waals surface area contributed by atoms with Crippen molar-refractivity contribution in [2.24, 2.45) is 5.92 Å². The van der Waals surface area contributed by atoms with E-state index in [2.05, 4.69) is 0 Å². The highest BCUT2D eigenvalue weighted by Gasteiger charge is 2.91. The molecule has 14 heteroatoms. The fourth-order valence-corrected chi connectivity index (χ4v) is 3.88. The van der Waals surface area contributed by atoms with E-state index in [-0.39, 0.29) is 12.8 Å². The van der Waals surface area contributed by atoms with Gasteiger partial charge in [-0.15, -0.1) is 0 Å². The minimum atomic E-state index is -7.86. The Bertz CT molecular complexity index is 838. The first-order valence-corrected chi connectivity index (χ1v) is 10.4. The minimum absolute atomic E-state index is 0.272. The SMILES string of the molecule is CCCOc1ccc(C2CCC(C(F)(F)C(F)(F)C(F)(F)C(F)(F)C(F)(F)C(F)(F)F)CC2)cc1. The van der Waals surface area contributed by atoms with Gasteiger partial charge in [-0.3, -0.25) is 0 Å². The minimum Gasteiger partial charge on any atom is -0.494 e. The molecular formula is C21H21F13O. The third-order valence-corrected chi connectivity index (χ3v) is 6.02. The molecule has 1 nitrogen and oxygen atoms in total. The molecule has 202 valence electrons. The predicted octanol–water partition coefficient (Wildman–Crippen LogP) is 8.49. The number of ether oxygens (including phenoxy) is 1. The van der Waals surface area contributed by atoms with E-state index in [0.717, 1.165) is 6.42 Å². The van der Waals surface area contributed by atoms with Crippen LogP contribution in [0.25, 0.3) is 0 Å². The van der Waals surface area contributed by atoms with Crippen LogP contribution in [0.5, 0.6) is 5.75 Å². The quantitative estimate of drug-likeness (QED) is 0.288. The first-order chi connectivity index (χ1) is 15.8. The summed E-state index contributed by atoms with van der Waals surface area (Å²) >= 11 is 0. The maximum absolute atomic E-state index is 14.4. The summed E-state index contributed by atoms with van der Waals surface area (Å²) < 4.78 is 179. The van der Waals surface area contributed by atoms with Crippen molar-refractivity contribution < 1.29 is 61.8 Å². The Morgan fingerprint density at radius 1 is 0.657 bits per heavy atom. The topological polar surface area (TPSA) is 9.23 Å². The molecule has 1 aromatic carbocycles. The Hall–Kier alpha value is -1.89. The molecule has 0 saturated heterocycles. The maximum Gasteiger partial charge on any atom is 0.460 e. The fourth-order valence-electron chi connectivity index (χ4n) is 3.88. The van der Waals surface area contributed by atoms with Gasteiger partial charge in [0.2, 0.25) is 0 Å². The number of hydrogen-bond acceptors (Lipinski definition) is 1. The molecule has 1 aliphatic carbocycles. The average Bonchev–Trinajstić information content (AvgIpc) is 2.76. The standard InChI is InChI=1S/C21H21F13O/c1-2-11-35-15-9-5-13(6-10-15)12-3-7-14(8-4-12)16(22,23)17(24,25)18(26,27)19(28,29)20(30,31)21(32,33)34/h5-6,9-10,12,14H,2-4,7-8,11H2,1H3. The summed E-state index contributed by atoms with van der Waals surface area (Å²) in [7, 11) is 0. The van der Waals surface area contributed by atoms with Gasteiger partial charge in [0.25, 0.3) is 0 Å². The Balaban J connectivity index is 2.21. The monoisotopic (exact) mass is 536 g/mol. The van der Waals surface area contributed by atoms with Crippen LogP contribution in [-0.2, 0) is 0 Å². The second-order valence-corrected chi connectivity index (χ2v) is 8.38. The molecule has 35 heavy (non-hydrogen) atoms. The molecule has 2 rings (SSSR count). The van der Waals surface area contributed by atoms with Gasteiger partial charge in [-0.05, 0) is 55.7 Å². The zero-order chi connectivity index (χ0) is 27.1. The lowest BCUT2D eigenvalue weighted by Gasteiger charge is -2.43. The van der Waals surface area contributed by atoms with Crippen LogP contribution in [0.1, 0.15) is 50.5 Å². The third kappa shape index (κ3) is 4.90. The van der Waals surface area contributed by atoms with E-state index >= 15 is 0 Å². The van der Waals surface area contributed by atoms with Crippen LogP contribution < -0.4 is 4.74 Å². The molecular weight excluding hydrogens is 515 g/mol. The van der Waals surface area contributed by atoms with Crippen LogP contribution in [0.2, 0.25) is 0 Å². The van der Waals surface area contributed by atoms with E-state index in [9.17, 15) is 57.1 Å². The molecule has 0 aliphatic heterocycles. The molecule has 1 aliphatic rings. The molecule has 0 spiro atoms. The van der Waals surface area contributed by atoms with Crippen molar-refractivity contribution in [2.45, 2.75) is 80.7 Å². The lowest BCUT2D eigenvalue weighted by atomic mass is 9.74. The van der Waals surface area contributed by atoms with Gasteiger partial charge in [0.1, 0.15) is 5.75 Å². The van der Waals surface area contributed by atoms with E-state index in [1.165, 1.54) is 0 Å². The summed E-state index contributed by atoms with van der Waals surface area (Å²) in [5.74, 6) is -39.2. The summed E-state index contributed by atoms with van der Waals surface area (Å²) in [5.41, 5.74) is 0.573. The molecule has 0 unspecified atom stereocenters. The van der Waals surface area contributed by atoms with Crippen molar-refractivity contribution >= 4 is 0 Å². The molecule has 1 saturated carbocycles. The second-order valence-electron chi connectivity index (χ2n) is 8.38. The number of halogens is 13. The molecule has 0 amide bonds. The highest BCUT2D eigenvalue weighted by atomic mass is 19.4. The van der Waals surface area contributed by atoms with Crippen LogP contribution in [0.4, 0.5) is 57.1 Å². The van der Waals surface area contributed by atoms with Crippen LogP contribution >= 0.6 is 0 Å². The van der Waals surface area contributed by atoms with Crippen molar-refractivity contribution in [3.8, 4) is 5.75 Å².